The number of rotatable bonds is 6. The molecule has 0 saturated carbocycles. The summed E-state index contributed by atoms with van der Waals surface area (Å²) >= 11 is 0. The van der Waals surface area contributed by atoms with Gasteiger partial charge in [0.25, 0.3) is 0 Å². The quantitative estimate of drug-likeness (QED) is 0.880. The third kappa shape index (κ3) is 3.22. The molecule has 2 rings (SSSR count). The summed E-state index contributed by atoms with van der Waals surface area (Å²) < 4.78 is 16.3. The highest BCUT2D eigenvalue weighted by Crippen LogP contribution is 2.35. The lowest BCUT2D eigenvalue weighted by molar-refractivity contribution is 0.265. The van der Waals surface area contributed by atoms with Crippen molar-refractivity contribution in [2.45, 2.75) is 13.2 Å². The Morgan fingerprint density at radius 2 is 1.60 bits per heavy atom. The van der Waals surface area contributed by atoms with E-state index in [4.69, 9.17) is 14.2 Å². The van der Waals surface area contributed by atoms with Gasteiger partial charge in [-0.1, -0.05) is 30.3 Å². The predicted octanol–water partition coefficient (Wildman–Crippen LogP) is 2.78. The molecule has 0 aliphatic heterocycles. The second kappa shape index (κ2) is 6.82. The molecule has 0 fully saturated rings. The minimum atomic E-state index is -0.113. The maximum Gasteiger partial charge on any atom is 0.165 e. The first-order chi connectivity index (χ1) is 9.78. The van der Waals surface area contributed by atoms with Crippen LogP contribution in [-0.2, 0) is 13.2 Å². The van der Waals surface area contributed by atoms with Gasteiger partial charge < -0.3 is 19.3 Å². The molecule has 4 nitrogen and oxygen atoms in total. The number of methoxy groups -OCH3 is 2. The summed E-state index contributed by atoms with van der Waals surface area (Å²) in [7, 11) is 3.13. The average Bonchev–Trinajstić information content (AvgIpc) is 2.52. The molecule has 0 aromatic heterocycles. The van der Waals surface area contributed by atoms with Gasteiger partial charge in [0.05, 0.1) is 20.8 Å². The van der Waals surface area contributed by atoms with Crippen LogP contribution in [0, 0.1) is 0 Å². The lowest BCUT2D eigenvalue weighted by Gasteiger charge is -2.14. The maximum atomic E-state index is 9.29. The van der Waals surface area contributed by atoms with E-state index in [1.165, 1.54) is 0 Å². The maximum absolute atomic E-state index is 9.29. The molecule has 0 heterocycles. The zero-order chi connectivity index (χ0) is 14.4. The Morgan fingerprint density at radius 1 is 0.900 bits per heavy atom. The minimum Gasteiger partial charge on any atom is -0.496 e. The number of benzene rings is 2. The molecule has 4 heteroatoms. The second-order valence-electron chi connectivity index (χ2n) is 4.25. The van der Waals surface area contributed by atoms with E-state index < -0.39 is 0 Å². The van der Waals surface area contributed by atoms with Gasteiger partial charge in [0.1, 0.15) is 12.4 Å². The average molecular weight is 274 g/mol. The van der Waals surface area contributed by atoms with E-state index in [9.17, 15) is 5.11 Å². The van der Waals surface area contributed by atoms with Crippen LogP contribution in [0.15, 0.2) is 42.5 Å². The van der Waals surface area contributed by atoms with Crippen LogP contribution in [0.3, 0.4) is 0 Å². The first-order valence-corrected chi connectivity index (χ1v) is 6.31. The van der Waals surface area contributed by atoms with E-state index in [1.807, 2.05) is 30.3 Å². The number of hydrogen-bond acceptors (Lipinski definition) is 4. The Labute approximate surface area is 118 Å². The van der Waals surface area contributed by atoms with Gasteiger partial charge in [-0.25, -0.2) is 0 Å². The fourth-order valence-corrected chi connectivity index (χ4v) is 1.90. The predicted molar refractivity (Wildman–Crippen MR) is 76.2 cm³/mol. The van der Waals surface area contributed by atoms with Crippen LogP contribution in [0.25, 0.3) is 0 Å². The molecule has 0 saturated heterocycles. The molecule has 0 aliphatic carbocycles. The van der Waals surface area contributed by atoms with Crippen molar-refractivity contribution >= 4 is 0 Å². The van der Waals surface area contributed by atoms with E-state index >= 15 is 0 Å². The van der Waals surface area contributed by atoms with E-state index in [1.54, 1.807) is 26.4 Å². The van der Waals surface area contributed by atoms with Gasteiger partial charge in [-0.15, -0.1) is 0 Å². The fourth-order valence-electron chi connectivity index (χ4n) is 1.90. The van der Waals surface area contributed by atoms with Crippen LogP contribution < -0.4 is 14.2 Å². The summed E-state index contributed by atoms with van der Waals surface area (Å²) in [6.07, 6.45) is 0. The minimum absolute atomic E-state index is 0.113. The van der Waals surface area contributed by atoms with E-state index in [0.717, 1.165) is 5.56 Å². The molecular weight excluding hydrogens is 256 g/mol. The fraction of sp³-hybridized carbons (Fsp3) is 0.250. The molecule has 0 amide bonds. The summed E-state index contributed by atoms with van der Waals surface area (Å²) in [5.74, 6) is 1.74. The lowest BCUT2D eigenvalue weighted by atomic mass is 10.2. The van der Waals surface area contributed by atoms with Crippen molar-refractivity contribution in [2.24, 2.45) is 0 Å². The molecule has 0 atom stereocenters. The molecule has 2 aromatic rings. The van der Waals surface area contributed by atoms with Gasteiger partial charge in [-0.3, -0.25) is 0 Å². The zero-order valence-electron chi connectivity index (χ0n) is 11.6. The van der Waals surface area contributed by atoms with Gasteiger partial charge in [-0.2, -0.15) is 0 Å². The molecule has 0 radical (unpaired) electrons. The Kier molecular flexibility index (Phi) is 4.85. The third-order valence-electron chi connectivity index (χ3n) is 2.97. The smallest absolute Gasteiger partial charge is 0.165 e. The highest BCUT2D eigenvalue weighted by atomic mass is 16.5. The van der Waals surface area contributed by atoms with Crippen molar-refractivity contribution in [1.29, 1.82) is 0 Å². The Balaban J connectivity index is 2.21. The van der Waals surface area contributed by atoms with Crippen molar-refractivity contribution in [1.82, 2.24) is 0 Å². The normalized spacial score (nSPS) is 10.2. The summed E-state index contributed by atoms with van der Waals surface area (Å²) in [5, 5.41) is 9.29. The standard InChI is InChI=1S/C16H18O4/c1-18-14-9-16(15(19-2)8-13(14)10-17)20-11-12-6-4-3-5-7-12/h3-9,17H,10-11H2,1-2H3. The molecule has 106 valence electrons. The third-order valence-corrected chi connectivity index (χ3v) is 2.97. The molecule has 0 unspecified atom stereocenters. The molecule has 1 N–H and O–H groups in total. The monoisotopic (exact) mass is 274 g/mol. The molecule has 0 aliphatic rings. The van der Waals surface area contributed by atoms with Gasteiger partial charge in [0, 0.05) is 11.6 Å². The SMILES string of the molecule is COc1cc(OCc2ccccc2)c(OC)cc1CO. The second-order valence-corrected chi connectivity index (χ2v) is 4.25. The molecule has 2 aromatic carbocycles. The zero-order valence-corrected chi connectivity index (χ0v) is 11.6. The van der Waals surface area contributed by atoms with Crippen molar-refractivity contribution in [3.8, 4) is 17.2 Å². The van der Waals surface area contributed by atoms with Crippen LogP contribution in [0.1, 0.15) is 11.1 Å². The van der Waals surface area contributed by atoms with Crippen molar-refractivity contribution in [2.75, 3.05) is 14.2 Å². The molecule has 0 spiro atoms. The molecular formula is C16H18O4. The summed E-state index contributed by atoms with van der Waals surface area (Å²) in [4.78, 5) is 0. The van der Waals surface area contributed by atoms with Crippen molar-refractivity contribution in [3.05, 3.63) is 53.6 Å². The van der Waals surface area contributed by atoms with E-state index in [0.29, 0.717) is 29.4 Å². The van der Waals surface area contributed by atoms with Gasteiger partial charge in [0.2, 0.25) is 0 Å². The highest BCUT2D eigenvalue weighted by molar-refractivity contribution is 5.50. The first kappa shape index (κ1) is 14.2. The Hall–Kier alpha value is -2.20. The largest absolute Gasteiger partial charge is 0.496 e. The molecule has 20 heavy (non-hydrogen) atoms. The van der Waals surface area contributed by atoms with Crippen molar-refractivity contribution < 1.29 is 19.3 Å². The van der Waals surface area contributed by atoms with Crippen LogP contribution in [0.5, 0.6) is 17.2 Å². The van der Waals surface area contributed by atoms with Crippen LogP contribution in [0.2, 0.25) is 0 Å². The Morgan fingerprint density at radius 3 is 2.20 bits per heavy atom. The summed E-state index contributed by atoms with van der Waals surface area (Å²) in [5.41, 5.74) is 1.73. The van der Waals surface area contributed by atoms with E-state index in [-0.39, 0.29) is 6.61 Å². The number of aliphatic hydroxyl groups is 1. The number of aliphatic hydroxyl groups excluding tert-OH is 1. The lowest BCUT2D eigenvalue weighted by Crippen LogP contribution is -2.00. The summed E-state index contributed by atoms with van der Waals surface area (Å²) in [6, 6.07) is 13.3. The molecule has 0 bridgehead atoms. The summed E-state index contributed by atoms with van der Waals surface area (Å²) in [6.45, 7) is 0.331. The van der Waals surface area contributed by atoms with Crippen LogP contribution >= 0.6 is 0 Å². The number of ether oxygens (including phenoxy) is 3. The van der Waals surface area contributed by atoms with Crippen LogP contribution in [-0.4, -0.2) is 19.3 Å². The van der Waals surface area contributed by atoms with Gasteiger partial charge in [0.15, 0.2) is 11.5 Å². The van der Waals surface area contributed by atoms with Crippen molar-refractivity contribution in [3.63, 3.8) is 0 Å². The highest BCUT2D eigenvalue weighted by Gasteiger charge is 2.12. The topological polar surface area (TPSA) is 47.9 Å². The Bertz CT molecular complexity index is 552. The van der Waals surface area contributed by atoms with Gasteiger partial charge >= 0.3 is 0 Å². The van der Waals surface area contributed by atoms with Crippen LogP contribution in [0.4, 0.5) is 0 Å². The van der Waals surface area contributed by atoms with Gasteiger partial charge in [-0.05, 0) is 11.6 Å². The van der Waals surface area contributed by atoms with E-state index in [2.05, 4.69) is 0 Å². The first-order valence-electron chi connectivity index (χ1n) is 6.31. The number of hydrogen-bond donors (Lipinski definition) is 1.